The van der Waals surface area contributed by atoms with E-state index in [2.05, 4.69) is 29.6 Å². The fourth-order valence-corrected chi connectivity index (χ4v) is 3.61. The van der Waals surface area contributed by atoms with Gasteiger partial charge in [-0.05, 0) is 48.6 Å². The van der Waals surface area contributed by atoms with Crippen molar-refractivity contribution in [3.63, 3.8) is 0 Å². The van der Waals surface area contributed by atoms with E-state index in [-0.39, 0.29) is 12.1 Å². The predicted octanol–water partition coefficient (Wildman–Crippen LogP) is 4.17. The SMILES string of the molecule is CCN(Cc1cccc(C(N)=O)c1)C(=O)NC(Cc1ccccc1)Cc1ccccc1. The molecule has 0 saturated heterocycles. The van der Waals surface area contributed by atoms with Crippen LogP contribution in [0.2, 0.25) is 0 Å². The lowest BCUT2D eigenvalue weighted by atomic mass is 9.99. The van der Waals surface area contributed by atoms with Gasteiger partial charge in [0.15, 0.2) is 0 Å². The van der Waals surface area contributed by atoms with Gasteiger partial charge in [0.1, 0.15) is 0 Å². The third-order valence-corrected chi connectivity index (χ3v) is 5.23. The van der Waals surface area contributed by atoms with Crippen molar-refractivity contribution in [1.29, 1.82) is 0 Å². The van der Waals surface area contributed by atoms with Gasteiger partial charge in [-0.1, -0.05) is 72.8 Å². The maximum absolute atomic E-state index is 13.1. The molecule has 0 atom stereocenters. The number of benzene rings is 3. The molecule has 0 heterocycles. The lowest BCUT2D eigenvalue weighted by Crippen LogP contribution is -2.46. The highest BCUT2D eigenvalue weighted by Gasteiger charge is 2.18. The van der Waals surface area contributed by atoms with Crippen LogP contribution in [0.4, 0.5) is 4.79 Å². The normalized spacial score (nSPS) is 10.6. The first-order valence-electron chi connectivity index (χ1n) is 10.6. The lowest BCUT2D eigenvalue weighted by Gasteiger charge is -2.26. The van der Waals surface area contributed by atoms with Crippen LogP contribution < -0.4 is 11.1 Å². The van der Waals surface area contributed by atoms with Crippen molar-refractivity contribution in [2.24, 2.45) is 5.73 Å². The number of rotatable bonds is 9. The summed E-state index contributed by atoms with van der Waals surface area (Å²) in [4.78, 5) is 26.3. The molecule has 0 aliphatic carbocycles. The summed E-state index contributed by atoms with van der Waals surface area (Å²) in [7, 11) is 0. The van der Waals surface area contributed by atoms with Crippen LogP contribution in [0.3, 0.4) is 0 Å². The summed E-state index contributed by atoms with van der Waals surface area (Å²) < 4.78 is 0. The number of nitrogens with zero attached hydrogens (tertiary/aromatic N) is 1. The fourth-order valence-electron chi connectivity index (χ4n) is 3.61. The van der Waals surface area contributed by atoms with Gasteiger partial charge >= 0.3 is 6.03 Å². The van der Waals surface area contributed by atoms with E-state index in [1.165, 1.54) is 11.1 Å². The number of carbonyl (C=O) groups excluding carboxylic acids is 2. The van der Waals surface area contributed by atoms with E-state index in [1.807, 2.05) is 49.4 Å². The Balaban J connectivity index is 1.72. The Morgan fingerprint density at radius 3 is 1.90 bits per heavy atom. The molecule has 0 aliphatic rings. The number of nitrogens with one attached hydrogen (secondary N) is 1. The van der Waals surface area contributed by atoms with Crippen LogP contribution in [0.25, 0.3) is 0 Å². The van der Waals surface area contributed by atoms with Crippen molar-refractivity contribution >= 4 is 11.9 Å². The molecule has 160 valence electrons. The van der Waals surface area contributed by atoms with E-state index in [1.54, 1.807) is 23.1 Å². The maximum Gasteiger partial charge on any atom is 0.317 e. The maximum atomic E-state index is 13.1. The topological polar surface area (TPSA) is 75.4 Å². The summed E-state index contributed by atoms with van der Waals surface area (Å²) in [6, 6.07) is 27.3. The van der Waals surface area contributed by atoms with E-state index in [0.29, 0.717) is 18.7 Å². The summed E-state index contributed by atoms with van der Waals surface area (Å²) in [5, 5.41) is 3.22. The van der Waals surface area contributed by atoms with Gasteiger partial charge in [-0.15, -0.1) is 0 Å². The zero-order valence-electron chi connectivity index (χ0n) is 17.8. The predicted molar refractivity (Wildman–Crippen MR) is 124 cm³/mol. The Labute approximate surface area is 183 Å². The Kier molecular flexibility index (Phi) is 7.82. The second kappa shape index (κ2) is 11.0. The zero-order valence-corrected chi connectivity index (χ0v) is 17.8. The fraction of sp³-hybridized carbons (Fsp3) is 0.231. The van der Waals surface area contributed by atoms with E-state index in [4.69, 9.17) is 5.73 Å². The third-order valence-electron chi connectivity index (χ3n) is 5.23. The van der Waals surface area contributed by atoms with Gasteiger partial charge in [-0.2, -0.15) is 0 Å². The first kappa shape index (κ1) is 22.1. The number of urea groups is 1. The number of hydrogen-bond donors (Lipinski definition) is 2. The Hall–Kier alpha value is -3.60. The number of amides is 3. The van der Waals surface area contributed by atoms with Gasteiger partial charge < -0.3 is 16.0 Å². The third kappa shape index (κ3) is 6.71. The molecular formula is C26H29N3O2. The van der Waals surface area contributed by atoms with Crippen molar-refractivity contribution in [2.75, 3.05) is 6.54 Å². The molecule has 31 heavy (non-hydrogen) atoms. The lowest BCUT2D eigenvalue weighted by molar-refractivity contribution is 0.1000. The summed E-state index contributed by atoms with van der Waals surface area (Å²) in [5.41, 5.74) is 9.06. The molecule has 0 bridgehead atoms. The second-order valence-corrected chi connectivity index (χ2v) is 7.60. The highest BCUT2D eigenvalue weighted by atomic mass is 16.2. The van der Waals surface area contributed by atoms with Crippen LogP contribution in [-0.4, -0.2) is 29.4 Å². The molecule has 5 heteroatoms. The molecule has 3 aromatic carbocycles. The Morgan fingerprint density at radius 1 is 0.839 bits per heavy atom. The minimum absolute atomic E-state index is 0.0386. The van der Waals surface area contributed by atoms with Gasteiger partial charge in [0, 0.05) is 24.7 Å². The van der Waals surface area contributed by atoms with Gasteiger partial charge in [0.25, 0.3) is 0 Å². The first-order chi connectivity index (χ1) is 15.0. The van der Waals surface area contributed by atoms with E-state index in [0.717, 1.165) is 18.4 Å². The van der Waals surface area contributed by atoms with Gasteiger partial charge in [0.2, 0.25) is 5.91 Å². The summed E-state index contributed by atoms with van der Waals surface area (Å²) in [5.74, 6) is -0.472. The minimum atomic E-state index is -0.472. The van der Waals surface area contributed by atoms with Crippen LogP contribution >= 0.6 is 0 Å². The minimum Gasteiger partial charge on any atom is -0.366 e. The van der Waals surface area contributed by atoms with Gasteiger partial charge in [-0.25, -0.2) is 4.79 Å². The van der Waals surface area contributed by atoms with E-state index >= 15 is 0 Å². The average molecular weight is 416 g/mol. The van der Waals surface area contributed by atoms with Crippen molar-refractivity contribution in [3.05, 3.63) is 107 Å². The Morgan fingerprint density at radius 2 is 1.39 bits per heavy atom. The zero-order chi connectivity index (χ0) is 22.1. The van der Waals surface area contributed by atoms with Crippen molar-refractivity contribution < 1.29 is 9.59 Å². The van der Waals surface area contributed by atoms with Crippen molar-refractivity contribution in [1.82, 2.24) is 10.2 Å². The molecule has 0 spiro atoms. The summed E-state index contributed by atoms with van der Waals surface area (Å²) >= 11 is 0. The molecule has 0 aromatic heterocycles. The quantitative estimate of drug-likeness (QED) is 0.550. The number of primary amides is 1. The van der Waals surface area contributed by atoms with Crippen LogP contribution in [0, 0.1) is 0 Å². The molecule has 0 fully saturated rings. The molecular weight excluding hydrogens is 386 g/mol. The summed E-state index contributed by atoms with van der Waals surface area (Å²) in [6.07, 6.45) is 1.49. The smallest absolute Gasteiger partial charge is 0.317 e. The average Bonchev–Trinajstić information content (AvgIpc) is 2.79. The monoisotopic (exact) mass is 415 g/mol. The molecule has 3 N–H and O–H groups in total. The molecule has 0 saturated carbocycles. The molecule has 3 aromatic rings. The highest BCUT2D eigenvalue weighted by molar-refractivity contribution is 5.92. The standard InChI is InChI=1S/C26H29N3O2/c1-2-29(19-22-14-9-15-23(16-22)25(27)30)26(31)28-24(17-20-10-5-3-6-11-20)18-21-12-7-4-8-13-21/h3-16,24H,2,17-19H2,1H3,(H2,27,30)(H,28,31). The second-order valence-electron chi connectivity index (χ2n) is 7.60. The molecule has 5 nitrogen and oxygen atoms in total. The van der Waals surface area contributed by atoms with Crippen LogP contribution in [0.5, 0.6) is 0 Å². The van der Waals surface area contributed by atoms with Gasteiger partial charge in [-0.3, -0.25) is 4.79 Å². The molecule has 3 amide bonds. The molecule has 3 rings (SSSR count). The number of nitrogens with two attached hydrogens (primary N) is 1. The summed E-state index contributed by atoms with van der Waals surface area (Å²) in [6.45, 7) is 2.91. The van der Waals surface area contributed by atoms with Crippen LogP contribution in [0.1, 0.15) is 34.0 Å². The highest BCUT2D eigenvalue weighted by Crippen LogP contribution is 2.12. The molecule has 0 unspecified atom stereocenters. The molecule has 0 aliphatic heterocycles. The van der Waals surface area contributed by atoms with Crippen LogP contribution in [-0.2, 0) is 19.4 Å². The largest absolute Gasteiger partial charge is 0.366 e. The van der Waals surface area contributed by atoms with Crippen molar-refractivity contribution in [3.8, 4) is 0 Å². The number of hydrogen-bond acceptors (Lipinski definition) is 2. The Bertz CT molecular complexity index is 948. The van der Waals surface area contributed by atoms with Crippen LogP contribution in [0.15, 0.2) is 84.9 Å². The molecule has 0 radical (unpaired) electrons. The van der Waals surface area contributed by atoms with Gasteiger partial charge in [0.05, 0.1) is 0 Å². The van der Waals surface area contributed by atoms with Crippen molar-refractivity contribution in [2.45, 2.75) is 32.4 Å². The van der Waals surface area contributed by atoms with E-state index < -0.39 is 5.91 Å². The number of carbonyl (C=O) groups is 2. The first-order valence-corrected chi connectivity index (χ1v) is 10.6. The van der Waals surface area contributed by atoms with E-state index in [9.17, 15) is 9.59 Å².